The van der Waals surface area contributed by atoms with E-state index in [4.69, 9.17) is 11.6 Å². The number of halogens is 1. The highest BCUT2D eigenvalue weighted by Gasteiger charge is 2.21. The van der Waals surface area contributed by atoms with Gasteiger partial charge in [-0.3, -0.25) is 9.59 Å². The van der Waals surface area contributed by atoms with Crippen molar-refractivity contribution in [3.63, 3.8) is 0 Å². The Labute approximate surface area is 197 Å². The second-order valence-electron chi connectivity index (χ2n) is 7.53. The molecule has 0 aliphatic carbocycles. The summed E-state index contributed by atoms with van der Waals surface area (Å²) in [6.45, 7) is 6.44. The molecule has 3 rings (SSSR count). The summed E-state index contributed by atoms with van der Waals surface area (Å²) >= 11 is 7.31. The van der Waals surface area contributed by atoms with Gasteiger partial charge in [0.05, 0.1) is 0 Å². The van der Waals surface area contributed by atoms with Gasteiger partial charge in [0.25, 0.3) is 5.91 Å². The number of anilines is 1. The van der Waals surface area contributed by atoms with E-state index in [-0.39, 0.29) is 24.3 Å². The van der Waals surface area contributed by atoms with Crippen LogP contribution in [0.3, 0.4) is 0 Å². The summed E-state index contributed by atoms with van der Waals surface area (Å²) in [4.78, 5) is 27.4. The highest BCUT2D eigenvalue weighted by atomic mass is 35.5. The van der Waals surface area contributed by atoms with Crippen molar-refractivity contribution in [1.29, 1.82) is 0 Å². The number of hydrogen-bond acceptors (Lipinski definition) is 5. The third-order valence-electron chi connectivity index (χ3n) is 5.32. The molecule has 6 nitrogen and oxygen atoms in total. The van der Waals surface area contributed by atoms with Crippen molar-refractivity contribution in [3.8, 4) is 10.6 Å². The molecule has 8 heteroatoms. The predicted octanol–water partition coefficient (Wildman–Crippen LogP) is 5.69. The standard InChI is InChI=1S/C24H27ClN4O2S/c1-4-16(3)29(23(31)18-11-9-17(5-2)10-12-18)14-13-21(30)26-24-28-27-22(32-24)19-7-6-8-20(25)15-19/h6-12,15-16H,4-5,13-14H2,1-3H3,(H,26,28,30)/t16-/m1/s1. The number of amides is 2. The second-order valence-corrected chi connectivity index (χ2v) is 8.94. The van der Waals surface area contributed by atoms with E-state index in [0.717, 1.165) is 18.4 Å². The molecule has 0 spiro atoms. The fourth-order valence-electron chi connectivity index (χ4n) is 3.21. The van der Waals surface area contributed by atoms with Crippen LogP contribution in [0.15, 0.2) is 48.5 Å². The number of hydrogen-bond donors (Lipinski definition) is 1. The van der Waals surface area contributed by atoms with Gasteiger partial charge in [-0.2, -0.15) is 0 Å². The molecule has 1 heterocycles. The number of nitrogens with one attached hydrogen (secondary N) is 1. The number of carbonyl (C=O) groups is 2. The molecule has 0 bridgehead atoms. The SMILES string of the molecule is CCc1ccc(C(=O)N(CCC(=O)Nc2nnc(-c3cccc(Cl)c3)s2)[C@H](C)CC)cc1. The summed E-state index contributed by atoms with van der Waals surface area (Å²) in [5.41, 5.74) is 2.67. The molecule has 0 aliphatic heterocycles. The third-order valence-corrected chi connectivity index (χ3v) is 6.44. The topological polar surface area (TPSA) is 75.2 Å². The lowest BCUT2D eigenvalue weighted by molar-refractivity contribution is -0.116. The van der Waals surface area contributed by atoms with Crippen LogP contribution in [0.5, 0.6) is 0 Å². The zero-order valence-electron chi connectivity index (χ0n) is 18.5. The number of aromatic nitrogens is 2. The van der Waals surface area contributed by atoms with Gasteiger partial charge in [0, 0.05) is 35.2 Å². The van der Waals surface area contributed by atoms with Crippen molar-refractivity contribution < 1.29 is 9.59 Å². The maximum absolute atomic E-state index is 13.1. The van der Waals surface area contributed by atoms with Crippen LogP contribution in [0.2, 0.25) is 5.02 Å². The Morgan fingerprint density at radius 3 is 2.53 bits per heavy atom. The van der Waals surface area contributed by atoms with E-state index in [1.54, 1.807) is 17.0 Å². The zero-order chi connectivity index (χ0) is 23.1. The maximum atomic E-state index is 13.1. The molecule has 0 radical (unpaired) electrons. The molecule has 1 N–H and O–H groups in total. The minimum Gasteiger partial charge on any atom is -0.335 e. The Hall–Kier alpha value is -2.77. The first-order valence-corrected chi connectivity index (χ1v) is 11.9. The van der Waals surface area contributed by atoms with Gasteiger partial charge in [0.2, 0.25) is 11.0 Å². The van der Waals surface area contributed by atoms with E-state index in [1.165, 1.54) is 16.9 Å². The molecule has 0 saturated carbocycles. The molecule has 168 valence electrons. The first kappa shape index (κ1) is 23.9. The third kappa shape index (κ3) is 6.14. The summed E-state index contributed by atoms with van der Waals surface area (Å²) in [5, 5.41) is 12.7. The van der Waals surface area contributed by atoms with Crippen molar-refractivity contribution in [3.05, 3.63) is 64.7 Å². The van der Waals surface area contributed by atoms with Crippen LogP contribution in [0.25, 0.3) is 10.6 Å². The summed E-state index contributed by atoms with van der Waals surface area (Å²) in [7, 11) is 0. The number of carbonyl (C=O) groups excluding carboxylic acids is 2. The molecule has 32 heavy (non-hydrogen) atoms. The Morgan fingerprint density at radius 2 is 1.88 bits per heavy atom. The van der Waals surface area contributed by atoms with Crippen LogP contribution in [-0.2, 0) is 11.2 Å². The molecular weight excluding hydrogens is 444 g/mol. The minimum atomic E-state index is -0.207. The lowest BCUT2D eigenvalue weighted by Gasteiger charge is -2.28. The van der Waals surface area contributed by atoms with Crippen molar-refractivity contribution in [2.75, 3.05) is 11.9 Å². The number of benzene rings is 2. The average molecular weight is 471 g/mol. The molecule has 3 aromatic rings. The van der Waals surface area contributed by atoms with Gasteiger partial charge >= 0.3 is 0 Å². The summed E-state index contributed by atoms with van der Waals surface area (Å²) in [5.74, 6) is -0.268. The largest absolute Gasteiger partial charge is 0.335 e. The molecule has 0 unspecified atom stereocenters. The molecule has 1 atom stereocenters. The Balaban J connectivity index is 1.62. The summed E-state index contributed by atoms with van der Waals surface area (Å²) in [6, 6.07) is 15.0. The van der Waals surface area contributed by atoms with Gasteiger partial charge in [-0.05, 0) is 49.6 Å². The number of rotatable bonds is 9. The van der Waals surface area contributed by atoms with Crippen LogP contribution < -0.4 is 5.32 Å². The van der Waals surface area contributed by atoms with E-state index in [2.05, 4.69) is 22.4 Å². The molecule has 2 amide bonds. The van der Waals surface area contributed by atoms with Crippen LogP contribution >= 0.6 is 22.9 Å². The number of aryl methyl sites for hydroxylation is 1. The van der Waals surface area contributed by atoms with Crippen LogP contribution in [0, 0.1) is 0 Å². The lowest BCUT2D eigenvalue weighted by Crippen LogP contribution is -2.40. The highest BCUT2D eigenvalue weighted by Crippen LogP contribution is 2.28. The van der Waals surface area contributed by atoms with Gasteiger partial charge in [-0.25, -0.2) is 0 Å². The van der Waals surface area contributed by atoms with Crippen LogP contribution in [0.1, 0.15) is 49.5 Å². The molecule has 0 fully saturated rings. The first-order valence-electron chi connectivity index (χ1n) is 10.7. The van der Waals surface area contributed by atoms with Gasteiger partial charge < -0.3 is 10.2 Å². The predicted molar refractivity (Wildman–Crippen MR) is 130 cm³/mol. The Kier molecular flexibility index (Phi) is 8.36. The van der Waals surface area contributed by atoms with Crippen molar-refractivity contribution in [2.24, 2.45) is 0 Å². The van der Waals surface area contributed by atoms with Crippen LogP contribution in [-0.4, -0.2) is 39.5 Å². The monoisotopic (exact) mass is 470 g/mol. The molecule has 0 aliphatic rings. The lowest BCUT2D eigenvalue weighted by atomic mass is 10.1. The smallest absolute Gasteiger partial charge is 0.254 e. The molecule has 2 aromatic carbocycles. The average Bonchev–Trinajstić information content (AvgIpc) is 3.27. The molecular formula is C24H27ClN4O2S. The van der Waals surface area contributed by atoms with Gasteiger partial charge in [-0.15, -0.1) is 10.2 Å². The van der Waals surface area contributed by atoms with E-state index in [9.17, 15) is 9.59 Å². The van der Waals surface area contributed by atoms with Crippen molar-refractivity contribution in [1.82, 2.24) is 15.1 Å². The summed E-state index contributed by atoms with van der Waals surface area (Å²) in [6.07, 6.45) is 1.91. The molecule has 0 saturated heterocycles. The van der Waals surface area contributed by atoms with Gasteiger partial charge in [-0.1, -0.05) is 61.1 Å². The second kappa shape index (κ2) is 11.2. The van der Waals surface area contributed by atoms with Crippen molar-refractivity contribution in [2.45, 2.75) is 46.1 Å². The van der Waals surface area contributed by atoms with Gasteiger partial charge in [0.15, 0.2) is 0 Å². The fraction of sp³-hybridized carbons (Fsp3) is 0.333. The minimum absolute atomic E-state index is 0.0251. The fourth-order valence-corrected chi connectivity index (χ4v) is 4.15. The normalized spacial score (nSPS) is 11.8. The van der Waals surface area contributed by atoms with Crippen molar-refractivity contribution >= 4 is 39.9 Å². The Morgan fingerprint density at radius 1 is 1.12 bits per heavy atom. The van der Waals surface area contributed by atoms with Crippen LogP contribution in [0.4, 0.5) is 5.13 Å². The first-order chi connectivity index (χ1) is 15.4. The van der Waals surface area contributed by atoms with E-state index >= 15 is 0 Å². The van der Waals surface area contributed by atoms with E-state index < -0.39 is 0 Å². The van der Waals surface area contributed by atoms with E-state index in [1.807, 2.05) is 50.2 Å². The highest BCUT2D eigenvalue weighted by molar-refractivity contribution is 7.18. The quantitative estimate of drug-likeness (QED) is 0.435. The van der Waals surface area contributed by atoms with E-state index in [0.29, 0.717) is 27.3 Å². The number of nitrogens with zero attached hydrogens (tertiary/aromatic N) is 3. The zero-order valence-corrected chi connectivity index (χ0v) is 20.0. The summed E-state index contributed by atoms with van der Waals surface area (Å²) < 4.78 is 0. The maximum Gasteiger partial charge on any atom is 0.254 e. The molecule has 1 aromatic heterocycles. The Bertz CT molecular complexity index is 1070. The van der Waals surface area contributed by atoms with Gasteiger partial charge in [0.1, 0.15) is 5.01 Å².